The predicted octanol–water partition coefficient (Wildman–Crippen LogP) is 4.88. The number of aryl methyl sites for hydroxylation is 2. The molecule has 0 aliphatic rings. The minimum atomic E-state index is -0.623. The lowest BCUT2D eigenvalue weighted by Crippen LogP contribution is -2.30. The van der Waals surface area contributed by atoms with Gasteiger partial charge in [0.15, 0.2) is 5.82 Å². The molecule has 0 saturated carbocycles. The first kappa shape index (κ1) is 23.3. The number of carbonyl (C=O) groups is 1. The van der Waals surface area contributed by atoms with E-state index >= 15 is 0 Å². The third-order valence-electron chi connectivity index (χ3n) is 5.15. The lowest BCUT2D eigenvalue weighted by molar-refractivity contribution is 0.196. The van der Waals surface area contributed by atoms with Gasteiger partial charge in [-0.3, -0.25) is 9.97 Å². The van der Waals surface area contributed by atoms with Crippen LogP contribution in [0.25, 0.3) is 16.8 Å². The summed E-state index contributed by atoms with van der Waals surface area (Å²) in [5.41, 5.74) is 3.90. The number of hydrogen-bond acceptors (Lipinski definition) is 7. The SMILES string of the molecule is CCCc1nnnn1-c1cc(OC(=O)NC(C)c2cnccn2)cc(-c2ccc(C)cc2Cl)c1. The zero-order chi connectivity index (χ0) is 24.1. The highest BCUT2D eigenvalue weighted by molar-refractivity contribution is 6.33. The van der Waals surface area contributed by atoms with Gasteiger partial charge in [0.2, 0.25) is 0 Å². The van der Waals surface area contributed by atoms with Crippen LogP contribution in [0.5, 0.6) is 5.75 Å². The molecule has 2 aromatic carbocycles. The minimum Gasteiger partial charge on any atom is -0.410 e. The summed E-state index contributed by atoms with van der Waals surface area (Å²) in [4.78, 5) is 20.9. The van der Waals surface area contributed by atoms with Crippen LogP contribution in [0.4, 0.5) is 4.79 Å². The average molecular weight is 478 g/mol. The van der Waals surface area contributed by atoms with Crippen molar-refractivity contribution in [2.45, 2.75) is 39.7 Å². The fourth-order valence-corrected chi connectivity index (χ4v) is 3.83. The van der Waals surface area contributed by atoms with Gasteiger partial charge in [-0.15, -0.1) is 5.10 Å². The molecule has 0 bridgehead atoms. The maximum Gasteiger partial charge on any atom is 0.413 e. The Morgan fingerprint density at radius 3 is 2.79 bits per heavy atom. The average Bonchev–Trinajstić information content (AvgIpc) is 3.28. The van der Waals surface area contributed by atoms with E-state index in [0.29, 0.717) is 34.4 Å². The Balaban J connectivity index is 1.68. The number of ether oxygens (including phenoxy) is 1. The van der Waals surface area contributed by atoms with Gasteiger partial charge in [0, 0.05) is 35.5 Å². The van der Waals surface area contributed by atoms with Crippen LogP contribution in [0, 0.1) is 6.92 Å². The number of aromatic nitrogens is 6. The molecule has 4 aromatic rings. The highest BCUT2D eigenvalue weighted by Gasteiger charge is 2.16. The molecule has 0 aliphatic carbocycles. The summed E-state index contributed by atoms with van der Waals surface area (Å²) in [7, 11) is 0. The van der Waals surface area contributed by atoms with Crippen molar-refractivity contribution in [1.29, 1.82) is 0 Å². The molecular weight excluding hydrogens is 454 g/mol. The van der Waals surface area contributed by atoms with Gasteiger partial charge in [-0.2, -0.15) is 4.68 Å². The highest BCUT2D eigenvalue weighted by Crippen LogP contribution is 2.33. The Bertz CT molecular complexity index is 1290. The van der Waals surface area contributed by atoms with Gasteiger partial charge in [0.25, 0.3) is 0 Å². The first-order valence-corrected chi connectivity index (χ1v) is 11.3. The summed E-state index contributed by atoms with van der Waals surface area (Å²) in [6.45, 7) is 5.83. The molecule has 1 N–H and O–H groups in total. The highest BCUT2D eigenvalue weighted by atomic mass is 35.5. The second-order valence-electron chi connectivity index (χ2n) is 7.84. The lowest BCUT2D eigenvalue weighted by Gasteiger charge is -2.15. The van der Waals surface area contributed by atoms with Crippen molar-refractivity contribution in [3.8, 4) is 22.6 Å². The van der Waals surface area contributed by atoms with Crippen molar-refractivity contribution in [3.63, 3.8) is 0 Å². The van der Waals surface area contributed by atoms with Crippen molar-refractivity contribution in [1.82, 2.24) is 35.5 Å². The molecule has 174 valence electrons. The van der Waals surface area contributed by atoms with Crippen molar-refractivity contribution < 1.29 is 9.53 Å². The Morgan fingerprint density at radius 2 is 2.06 bits per heavy atom. The summed E-state index contributed by atoms with van der Waals surface area (Å²) in [6, 6.07) is 10.8. The van der Waals surface area contributed by atoms with Crippen molar-refractivity contribution in [2.24, 2.45) is 0 Å². The second kappa shape index (κ2) is 10.4. The first-order valence-electron chi connectivity index (χ1n) is 10.9. The number of carbonyl (C=O) groups excluding carboxylic acids is 1. The third kappa shape index (κ3) is 5.37. The molecule has 1 atom stereocenters. The lowest BCUT2D eigenvalue weighted by atomic mass is 10.0. The molecule has 34 heavy (non-hydrogen) atoms. The quantitative estimate of drug-likeness (QED) is 0.404. The number of benzene rings is 2. The van der Waals surface area contributed by atoms with Gasteiger partial charge in [0.05, 0.1) is 23.6 Å². The molecule has 9 nitrogen and oxygen atoms in total. The molecule has 0 aliphatic heterocycles. The molecule has 1 unspecified atom stereocenters. The van der Waals surface area contributed by atoms with Crippen LogP contribution in [0.1, 0.15) is 43.4 Å². The normalized spacial score (nSPS) is 11.8. The van der Waals surface area contributed by atoms with Crippen LogP contribution >= 0.6 is 11.6 Å². The monoisotopic (exact) mass is 477 g/mol. The molecule has 2 aromatic heterocycles. The van der Waals surface area contributed by atoms with E-state index in [1.165, 1.54) is 0 Å². The number of halogens is 1. The van der Waals surface area contributed by atoms with E-state index in [2.05, 4.69) is 37.7 Å². The summed E-state index contributed by atoms with van der Waals surface area (Å²) in [6.07, 6.45) is 5.70. The smallest absolute Gasteiger partial charge is 0.410 e. The topological polar surface area (TPSA) is 108 Å². The molecule has 0 radical (unpaired) electrons. The van der Waals surface area contributed by atoms with Gasteiger partial charge < -0.3 is 10.1 Å². The van der Waals surface area contributed by atoms with Crippen LogP contribution in [0.2, 0.25) is 5.02 Å². The molecule has 0 fully saturated rings. The van der Waals surface area contributed by atoms with Crippen LogP contribution < -0.4 is 10.1 Å². The molecular formula is C24H24ClN7O2. The van der Waals surface area contributed by atoms with Crippen molar-refractivity contribution in [2.75, 3.05) is 0 Å². The minimum absolute atomic E-state index is 0.325. The molecule has 0 spiro atoms. The van der Waals surface area contributed by atoms with Gasteiger partial charge in [-0.25, -0.2) is 4.79 Å². The van der Waals surface area contributed by atoms with Gasteiger partial charge in [-0.05, 0) is 60.0 Å². The van der Waals surface area contributed by atoms with Gasteiger partial charge in [-0.1, -0.05) is 30.7 Å². The van der Waals surface area contributed by atoms with E-state index in [4.69, 9.17) is 16.3 Å². The number of amides is 1. The van der Waals surface area contributed by atoms with Gasteiger partial charge >= 0.3 is 6.09 Å². The second-order valence-corrected chi connectivity index (χ2v) is 8.25. The number of nitrogens with zero attached hydrogens (tertiary/aromatic N) is 6. The first-order chi connectivity index (χ1) is 16.4. The summed E-state index contributed by atoms with van der Waals surface area (Å²) in [5, 5.41) is 15.4. The van der Waals surface area contributed by atoms with E-state index in [-0.39, 0.29) is 6.04 Å². The number of rotatable bonds is 7. The van der Waals surface area contributed by atoms with Crippen molar-refractivity contribution >= 4 is 17.7 Å². The molecule has 0 saturated heterocycles. The largest absolute Gasteiger partial charge is 0.413 e. The summed E-state index contributed by atoms with van der Waals surface area (Å²) >= 11 is 6.54. The third-order valence-corrected chi connectivity index (χ3v) is 5.46. The van der Waals surface area contributed by atoms with E-state index in [1.54, 1.807) is 42.3 Å². The number of hydrogen-bond donors (Lipinski definition) is 1. The fourth-order valence-electron chi connectivity index (χ4n) is 3.48. The number of nitrogens with one attached hydrogen (secondary N) is 1. The van der Waals surface area contributed by atoms with Crippen LogP contribution in [0.15, 0.2) is 55.0 Å². The van der Waals surface area contributed by atoms with Crippen LogP contribution in [0.3, 0.4) is 0 Å². The summed E-state index contributed by atoms with van der Waals surface area (Å²) < 4.78 is 7.29. The zero-order valence-corrected chi connectivity index (χ0v) is 19.8. The summed E-state index contributed by atoms with van der Waals surface area (Å²) in [5.74, 6) is 1.03. The maximum absolute atomic E-state index is 12.7. The van der Waals surface area contributed by atoms with Crippen molar-refractivity contribution in [3.05, 3.63) is 77.1 Å². The van der Waals surface area contributed by atoms with Crippen LogP contribution in [-0.4, -0.2) is 36.3 Å². The Kier molecular flexibility index (Phi) is 7.12. The predicted molar refractivity (Wildman–Crippen MR) is 128 cm³/mol. The molecule has 2 heterocycles. The Hall–Kier alpha value is -3.85. The van der Waals surface area contributed by atoms with E-state index < -0.39 is 6.09 Å². The Labute approximate surface area is 202 Å². The molecule has 4 rings (SSSR count). The van der Waals surface area contributed by atoms with E-state index in [0.717, 1.165) is 23.1 Å². The molecule has 10 heteroatoms. The zero-order valence-electron chi connectivity index (χ0n) is 19.1. The van der Waals surface area contributed by atoms with E-state index in [1.807, 2.05) is 31.2 Å². The van der Waals surface area contributed by atoms with E-state index in [9.17, 15) is 4.79 Å². The Morgan fingerprint density at radius 1 is 1.21 bits per heavy atom. The fraction of sp³-hybridized carbons (Fsp3) is 0.250. The standard InChI is InChI=1S/C24H24ClN7O2/c1-4-5-23-29-30-31-32(23)18-11-17(20-7-6-15(2)10-21(20)25)12-19(13-18)34-24(33)28-16(3)22-14-26-8-9-27-22/h6-14,16H,4-5H2,1-3H3,(H,28,33). The van der Waals surface area contributed by atoms with Crippen LogP contribution in [-0.2, 0) is 6.42 Å². The number of tetrazole rings is 1. The maximum atomic E-state index is 12.7. The molecule has 1 amide bonds. The van der Waals surface area contributed by atoms with Gasteiger partial charge in [0.1, 0.15) is 5.75 Å².